The predicted molar refractivity (Wildman–Crippen MR) is 127 cm³/mol. The fourth-order valence-electron chi connectivity index (χ4n) is 5.55. The molecule has 5 rings (SSSR count). The number of benzene rings is 2. The number of carbonyl (C=O) groups is 3. The van der Waals surface area contributed by atoms with E-state index in [9.17, 15) is 39.9 Å². The number of aliphatic hydroxyl groups excluding tert-OH is 1. The van der Waals surface area contributed by atoms with E-state index in [1.54, 1.807) is 6.92 Å². The maximum atomic E-state index is 13.6. The number of hydrogen-bond donors (Lipinski definition) is 6. The molecule has 202 valence electrons. The highest BCUT2D eigenvalue weighted by Crippen LogP contribution is 2.52. The number of carboxylic acid groups (broad SMARTS) is 1. The monoisotopic (exact) mass is 529 g/mol. The van der Waals surface area contributed by atoms with Gasteiger partial charge in [-0.15, -0.1) is 0 Å². The summed E-state index contributed by atoms with van der Waals surface area (Å²) in [6.07, 6.45) is -5.42. The van der Waals surface area contributed by atoms with Gasteiger partial charge in [0, 0.05) is 42.0 Å². The minimum absolute atomic E-state index is 0.00250. The van der Waals surface area contributed by atoms with Crippen molar-refractivity contribution < 1.29 is 54.1 Å². The third-order valence-electron chi connectivity index (χ3n) is 7.54. The summed E-state index contributed by atoms with van der Waals surface area (Å²) in [6, 6.07) is 3.60. The van der Waals surface area contributed by atoms with E-state index in [1.165, 1.54) is 25.3 Å². The molecule has 12 nitrogen and oxygen atoms in total. The molecule has 38 heavy (non-hydrogen) atoms. The lowest BCUT2D eigenvalue weighted by molar-refractivity contribution is -0.248. The topological polar surface area (TPSA) is 206 Å². The van der Waals surface area contributed by atoms with Gasteiger partial charge in [-0.1, -0.05) is 12.1 Å². The first-order valence-corrected chi connectivity index (χ1v) is 12.0. The van der Waals surface area contributed by atoms with Crippen LogP contribution in [-0.4, -0.2) is 80.3 Å². The molecule has 12 heteroatoms. The Morgan fingerprint density at radius 2 is 1.82 bits per heavy atom. The smallest absolute Gasteiger partial charge is 0.336 e. The van der Waals surface area contributed by atoms with Crippen molar-refractivity contribution >= 4 is 17.5 Å². The number of carboxylic acids is 1. The van der Waals surface area contributed by atoms with Gasteiger partial charge in [0.15, 0.2) is 17.7 Å². The number of ketones is 2. The number of phenols is 2. The second-order valence-electron chi connectivity index (χ2n) is 9.88. The highest BCUT2D eigenvalue weighted by molar-refractivity contribution is 6.31. The molecule has 7 N–H and O–H groups in total. The molecule has 1 heterocycles. The molecule has 1 fully saturated rings. The maximum absolute atomic E-state index is 13.6. The zero-order valence-electron chi connectivity index (χ0n) is 20.5. The van der Waals surface area contributed by atoms with E-state index in [1.807, 2.05) is 0 Å². The molecule has 1 aliphatic heterocycles. The van der Waals surface area contributed by atoms with Crippen LogP contribution in [0.3, 0.4) is 0 Å². The van der Waals surface area contributed by atoms with Crippen molar-refractivity contribution in [1.82, 2.24) is 0 Å². The number of nitrogens with two attached hydrogens (primary N) is 1. The number of carbonyl (C=O) groups excluding carboxylic acids is 2. The SMILES string of the molecule is COc1cccc2c1C(=O)c1c(O)c3c(c(O)c1C2=O)C[C@@](O)(C(=O)O)CC3O[C@H]1C[C@@H](N)[C@H](O)C(C)O1. The van der Waals surface area contributed by atoms with Gasteiger partial charge >= 0.3 is 5.97 Å². The maximum Gasteiger partial charge on any atom is 0.336 e. The molecule has 2 aromatic rings. The number of fused-ring (bicyclic) bond motifs is 3. The van der Waals surface area contributed by atoms with Crippen LogP contribution >= 0.6 is 0 Å². The van der Waals surface area contributed by atoms with Gasteiger partial charge in [0.05, 0.1) is 42.1 Å². The Morgan fingerprint density at radius 3 is 2.45 bits per heavy atom. The first kappa shape index (κ1) is 26.1. The molecule has 0 aromatic heterocycles. The van der Waals surface area contributed by atoms with Crippen LogP contribution in [0.4, 0.5) is 0 Å². The van der Waals surface area contributed by atoms with Gasteiger partial charge in [-0.05, 0) is 13.0 Å². The molecule has 2 aromatic carbocycles. The zero-order valence-corrected chi connectivity index (χ0v) is 20.5. The third-order valence-corrected chi connectivity index (χ3v) is 7.54. The second kappa shape index (κ2) is 9.03. The molecule has 0 spiro atoms. The summed E-state index contributed by atoms with van der Waals surface area (Å²) >= 11 is 0. The van der Waals surface area contributed by atoms with Crippen molar-refractivity contribution in [3.8, 4) is 17.2 Å². The first-order valence-electron chi connectivity index (χ1n) is 12.0. The molecular weight excluding hydrogens is 502 g/mol. The Hall–Kier alpha value is -3.55. The molecule has 2 aliphatic carbocycles. The van der Waals surface area contributed by atoms with E-state index in [0.29, 0.717) is 0 Å². The Labute approximate surface area is 216 Å². The largest absolute Gasteiger partial charge is 0.507 e. The van der Waals surface area contributed by atoms with E-state index < -0.39 is 89.2 Å². The van der Waals surface area contributed by atoms with E-state index in [-0.39, 0.29) is 34.4 Å². The van der Waals surface area contributed by atoms with Gasteiger partial charge < -0.3 is 45.5 Å². The first-order chi connectivity index (χ1) is 17.9. The minimum Gasteiger partial charge on any atom is -0.507 e. The van der Waals surface area contributed by atoms with Crippen molar-refractivity contribution in [3.05, 3.63) is 51.6 Å². The number of aromatic hydroxyl groups is 2. The Bertz CT molecular complexity index is 1360. The lowest BCUT2D eigenvalue weighted by Crippen LogP contribution is -2.52. The van der Waals surface area contributed by atoms with Crippen LogP contribution in [-0.2, 0) is 20.7 Å². The summed E-state index contributed by atoms with van der Waals surface area (Å²) in [5.41, 5.74) is 1.98. The average Bonchev–Trinajstić information content (AvgIpc) is 2.87. The van der Waals surface area contributed by atoms with E-state index in [4.69, 9.17) is 19.9 Å². The van der Waals surface area contributed by atoms with E-state index in [0.717, 1.165) is 0 Å². The molecule has 0 amide bonds. The van der Waals surface area contributed by atoms with Crippen molar-refractivity contribution in [2.75, 3.05) is 7.11 Å². The van der Waals surface area contributed by atoms with Crippen molar-refractivity contribution in [3.63, 3.8) is 0 Å². The summed E-state index contributed by atoms with van der Waals surface area (Å²) in [5, 5.41) is 53.5. The van der Waals surface area contributed by atoms with Crippen LogP contribution in [0.25, 0.3) is 0 Å². The standard InChI is InChI=1S/C26H27NO11/c1-9-20(28)12(27)6-15(37-9)38-14-8-26(35,25(33)34)7-11-17(14)24(32)19-18(22(11)30)21(29)10-4-3-5-13(36-2)16(10)23(19)31/h3-5,9,12,14-15,20,28,30,32,35H,6-8,27H2,1-2H3,(H,33,34)/t9?,12-,14?,15+,20-,26+/m1/s1. The quantitative estimate of drug-likeness (QED) is 0.256. The molecule has 0 radical (unpaired) electrons. The number of methoxy groups -OCH3 is 1. The van der Waals surface area contributed by atoms with Gasteiger partial charge in [0.25, 0.3) is 0 Å². The number of rotatable bonds is 4. The molecule has 0 bridgehead atoms. The lowest BCUT2D eigenvalue weighted by atomic mass is 9.73. The number of aliphatic hydroxyl groups is 2. The van der Waals surface area contributed by atoms with Gasteiger partial charge in [0.1, 0.15) is 17.2 Å². The van der Waals surface area contributed by atoms with Crippen LogP contribution in [0.1, 0.15) is 68.8 Å². The van der Waals surface area contributed by atoms with Gasteiger partial charge in [-0.25, -0.2) is 4.79 Å². The molecule has 1 saturated heterocycles. The fourth-order valence-corrected chi connectivity index (χ4v) is 5.55. The number of hydrogen-bond acceptors (Lipinski definition) is 11. The Balaban J connectivity index is 1.68. The highest BCUT2D eigenvalue weighted by atomic mass is 16.7. The summed E-state index contributed by atoms with van der Waals surface area (Å²) < 4.78 is 16.9. The minimum atomic E-state index is -2.44. The van der Waals surface area contributed by atoms with Crippen LogP contribution < -0.4 is 10.5 Å². The Kier molecular flexibility index (Phi) is 6.20. The van der Waals surface area contributed by atoms with Crippen LogP contribution in [0, 0.1) is 0 Å². The van der Waals surface area contributed by atoms with Crippen molar-refractivity contribution in [1.29, 1.82) is 0 Å². The van der Waals surface area contributed by atoms with E-state index in [2.05, 4.69) is 0 Å². The normalized spacial score (nSPS) is 30.3. The van der Waals surface area contributed by atoms with Gasteiger partial charge in [0.2, 0.25) is 5.78 Å². The lowest BCUT2D eigenvalue weighted by Gasteiger charge is -2.41. The van der Waals surface area contributed by atoms with Crippen LogP contribution in [0.5, 0.6) is 17.2 Å². The highest BCUT2D eigenvalue weighted by Gasteiger charge is 2.50. The van der Waals surface area contributed by atoms with Crippen molar-refractivity contribution in [2.45, 2.75) is 62.4 Å². The molecule has 2 unspecified atom stereocenters. The molecule has 3 aliphatic rings. The fraction of sp³-hybridized carbons (Fsp3) is 0.423. The van der Waals surface area contributed by atoms with Crippen LogP contribution in [0.15, 0.2) is 18.2 Å². The van der Waals surface area contributed by atoms with Crippen molar-refractivity contribution in [2.24, 2.45) is 5.73 Å². The molecule has 6 atom stereocenters. The summed E-state index contributed by atoms with van der Waals surface area (Å²) in [5.74, 6) is -4.52. The predicted octanol–water partition coefficient (Wildman–Crippen LogP) is 0.524. The molecule has 0 saturated carbocycles. The number of aliphatic carboxylic acids is 1. The van der Waals surface area contributed by atoms with E-state index >= 15 is 0 Å². The summed E-state index contributed by atoms with van der Waals surface area (Å²) in [7, 11) is 1.32. The number of phenolic OH excluding ortho intramolecular Hbond substituents is 2. The number of ether oxygens (including phenoxy) is 3. The third kappa shape index (κ3) is 3.76. The van der Waals surface area contributed by atoms with Crippen LogP contribution in [0.2, 0.25) is 0 Å². The zero-order chi connectivity index (χ0) is 27.7. The average molecular weight is 529 g/mol. The summed E-state index contributed by atoms with van der Waals surface area (Å²) in [6.45, 7) is 1.57. The molecular formula is C26H27NO11. The van der Waals surface area contributed by atoms with Gasteiger partial charge in [-0.2, -0.15) is 0 Å². The van der Waals surface area contributed by atoms with Gasteiger partial charge in [-0.3, -0.25) is 9.59 Å². The second-order valence-corrected chi connectivity index (χ2v) is 9.88. The summed E-state index contributed by atoms with van der Waals surface area (Å²) in [4.78, 5) is 39.1. The Morgan fingerprint density at radius 1 is 1.13 bits per heavy atom.